The fourth-order valence-electron chi connectivity index (χ4n) is 2.27. The number of nitrogens with one attached hydrogen (secondary N) is 1. The minimum atomic E-state index is -0.760. The molecule has 0 aliphatic carbocycles. The molecule has 19 heavy (non-hydrogen) atoms. The number of aryl methyl sites for hydroxylation is 1. The summed E-state index contributed by atoms with van der Waals surface area (Å²) >= 11 is 0. The Bertz CT molecular complexity index is 481. The molecule has 102 valence electrons. The molecule has 2 rings (SSSR count). The van der Waals surface area contributed by atoms with Crippen molar-refractivity contribution >= 4 is 17.5 Å². The van der Waals surface area contributed by atoms with E-state index in [1.807, 2.05) is 17.6 Å². The van der Waals surface area contributed by atoms with E-state index in [9.17, 15) is 9.59 Å². The summed E-state index contributed by atoms with van der Waals surface area (Å²) in [4.78, 5) is 26.6. The number of piperazine rings is 1. The average molecular weight is 262 g/mol. The predicted octanol–water partition coefficient (Wildman–Crippen LogP) is -0.366. The van der Waals surface area contributed by atoms with Crippen LogP contribution in [0.4, 0.5) is 5.69 Å². The number of hydrogen-bond donors (Lipinski definition) is 2. The minimum absolute atomic E-state index is 0.528. The van der Waals surface area contributed by atoms with Gasteiger partial charge in [-0.25, -0.2) is 5.84 Å². The molecule has 2 amide bonds. The summed E-state index contributed by atoms with van der Waals surface area (Å²) in [5, 5.41) is 0. The minimum Gasteiger partial charge on any atom is -0.368 e. The Hall–Kier alpha value is -2.08. The van der Waals surface area contributed by atoms with Crippen molar-refractivity contribution < 1.29 is 9.59 Å². The van der Waals surface area contributed by atoms with Crippen LogP contribution in [0.25, 0.3) is 0 Å². The van der Waals surface area contributed by atoms with E-state index < -0.39 is 11.8 Å². The van der Waals surface area contributed by atoms with E-state index in [1.165, 1.54) is 16.2 Å². The van der Waals surface area contributed by atoms with Crippen molar-refractivity contribution in [1.82, 2.24) is 10.3 Å². The molecule has 1 saturated heterocycles. The van der Waals surface area contributed by atoms with E-state index in [2.05, 4.69) is 24.0 Å². The Labute approximate surface area is 112 Å². The number of rotatable bonds is 1. The maximum Gasteiger partial charge on any atom is 0.323 e. The van der Waals surface area contributed by atoms with Gasteiger partial charge >= 0.3 is 11.8 Å². The molecule has 0 aromatic heterocycles. The molecular formula is C13H18N4O2. The molecule has 0 atom stereocenters. The van der Waals surface area contributed by atoms with E-state index in [0.717, 1.165) is 0 Å². The van der Waals surface area contributed by atoms with Crippen molar-refractivity contribution in [2.24, 2.45) is 5.84 Å². The van der Waals surface area contributed by atoms with Gasteiger partial charge in [-0.3, -0.25) is 15.0 Å². The van der Waals surface area contributed by atoms with Crippen molar-refractivity contribution in [3.05, 3.63) is 29.8 Å². The Morgan fingerprint density at radius 2 is 1.79 bits per heavy atom. The maximum atomic E-state index is 11.7. The van der Waals surface area contributed by atoms with Crippen molar-refractivity contribution in [3.63, 3.8) is 0 Å². The first-order valence-corrected chi connectivity index (χ1v) is 6.24. The monoisotopic (exact) mass is 262 g/mol. The summed E-state index contributed by atoms with van der Waals surface area (Å²) in [5.41, 5.74) is 4.26. The van der Waals surface area contributed by atoms with Gasteiger partial charge in [0.15, 0.2) is 0 Å². The van der Waals surface area contributed by atoms with Crippen LogP contribution in [0.2, 0.25) is 0 Å². The molecule has 6 heteroatoms. The van der Waals surface area contributed by atoms with E-state index in [-0.39, 0.29) is 0 Å². The Morgan fingerprint density at radius 3 is 2.37 bits per heavy atom. The topological polar surface area (TPSA) is 78.7 Å². The third kappa shape index (κ3) is 2.85. The molecule has 0 bridgehead atoms. The van der Waals surface area contributed by atoms with E-state index in [4.69, 9.17) is 5.84 Å². The zero-order valence-corrected chi connectivity index (χ0v) is 10.9. The van der Waals surface area contributed by atoms with Gasteiger partial charge in [-0.1, -0.05) is 18.2 Å². The van der Waals surface area contributed by atoms with Crippen LogP contribution in [0, 0.1) is 6.92 Å². The largest absolute Gasteiger partial charge is 0.368 e. The quantitative estimate of drug-likeness (QED) is 0.313. The van der Waals surface area contributed by atoms with Gasteiger partial charge in [0, 0.05) is 31.9 Å². The molecule has 0 unspecified atom stereocenters. The van der Waals surface area contributed by atoms with Crippen molar-refractivity contribution in [2.75, 3.05) is 31.1 Å². The molecular weight excluding hydrogens is 244 g/mol. The Kier molecular flexibility index (Phi) is 4.01. The third-order valence-electron chi connectivity index (χ3n) is 3.35. The number of hydrogen-bond acceptors (Lipinski definition) is 4. The highest BCUT2D eigenvalue weighted by molar-refractivity contribution is 6.34. The van der Waals surface area contributed by atoms with Crippen LogP contribution in [0.1, 0.15) is 5.56 Å². The number of nitrogens with two attached hydrogens (primary N) is 1. The summed E-state index contributed by atoms with van der Waals surface area (Å²) in [5.74, 6) is 3.64. The molecule has 1 aromatic rings. The smallest absolute Gasteiger partial charge is 0.323 e. The summed E-state index contributed by atoms with van der Waals surface area (Å²) in [6.07, 6.45) is 0. The molecule has 0 saturated carbocycles. The highest BCUT2D eigenvalue weighted by Crippen LogP contribution is 2.20. The van der Waals surface area contributed by atoms with Gasteiger partial charge in [-0.2, -0.15) is 0 Å². The number of nitrogens with zero attached hydrogens (tertiary/aromatic N) is 2. The second-order valence-corrected chi connectivity index (χ2v) is 4.54. The molecule has 1 aliphatic rings. The van der Waals surface area contributed by atoms with Gasteiger partial charge in [0.1, 0.15) is 0 Å². The van der Waals surface area contributed by atoms with Crippen LogP contribution in [-0.4, -0.2) is 42.9 Å². The Balaban J connectivity index is 1.98. The lowest BCUT2D eigenvalue weighted by atomic mass is 10.1. The summed E-state index contributed by atoms with van der Waals surface area (Å²) < 4.78 is 0. The highest BCUT2D eigenvalue weighted by Gasteiger charge is 2.25. The van der Waals surface area contributed by atoms with E-state index in [1.54, 1.807) is 0 Å². The standard InChI is InChI=1S/C13H18N4O2/c1-10-4-2-3-5-11(10)16-6-8-17(9-7-16)13(19)12(18)15-14/h2-5H,6-9,14H2,1H3,(H,15,18). The van der Waals surface area contributed by atoms with Gasteiger partial charge in [0.05, 0.1) is 0 Å². The van der Waals surface area contributed by atoms with Gasteiger partial charge in [0.25, 0.3) is 0 Å². The number of anilines is 1. The Morgan fingerprint density at radius 1 is 1.16 bits per heavy atom. The number of hydrazine groups is 1. The lowest BCUT2D eigenvalue weighted by Gasteiger charge is -2.36. The first kappa shape index (κ1) is 13.4. The summed E-state index contributed by atoms with van der Waals surface area (Å²) in [6, 6.07) is 8.14. The number of benzene rings is 1. The van der Waals surface area contributed by atoms with Crippen LogP contribution >= 0.6 is 0 Å². The van der Waals surface area contributed by atoms with Crippen LogP contribution in [0.3, 0.4) is 0 Å². The molecule has 1 fully saturated rings. The summed E-state index contributed by atoms with van der Waals surface area (Å²) in [6.45, 7) is 4.55. The first-order valence-electron chi connectivity index (χ1n) is 6.24. The number of carbonyl (C=O) groups excluding carboxylic acids is 2. The molecule has 1 aliphatic heterocycles. The van der Waals surface area contributed by atoms with Crippen molar-refractivity contribution in [3.8, 4) is 0 Å². The van der Waals surface area contributed by atoms with Crippen LogP contribution in [0.5, 0.6) is 0 Å². The van der Waals surface area contributed by atoms with E-state index in [0.29, 0.717) is 26.2 Å². The normalized spacial score (nSPS) is 15.3. The van der Waals surface area contributed by atoms with Crippen molar-refractivity contribution in [2.45, 2.75) is 6.92 Å². The van der Waals surface area contributed by atoms with Gasteiger partial charge in [-0.05, 0) is 18.6 Å². The second kappa shape index (κ2) is 5.71. The van der Waals surface area contributed by atoms with Crippen LogP contribution in [-0.2, 0) is 9.59 Å². The lowest BCUT2D eigenvalue weighted by molar-refractivity contribution is -0.146. The average Bonchev–Trinajstić information content (AvgIpc) is 2.46. The first-order chi connectivity index (χ1) is 9.13. The molecule has 0 radical (unpaired) electrons. The fraction of sp³-hybridized carbons (Fsp3) is 0.385. The van der Waals surface area contributed by atoms with Gasteiger partial charge < -0.3 is 9.80 Å². The second-order valence-electron chi connectivity index (χ2n) is 4.54. The zero-order chi connectivity index (χ0) is 13.8. The number of carbonyl (C=O) groups is 2. The molecule has 3 N–H and O–H groups in total. The predicted molar refractivity (Wildman–Crippen MR) is 72.3 cm³/mol. The van der Waals surface area contributed by atoms with Crippen LogP contribution in [0.15, 0.2) is 24.3 Å². The SMILES string of the molecule is Cc1ccccc1N1CCN(C(=O)C(=O)NN)CC1. The maximum absolute atomic E-state index is 11.7. The van der Waals surface area contributed by atoms with Crippen molar-refractivity contribution in [1.29, 1.82) is 0 Å². The van der Waals surface area contributed by atoms with Crippen LogP contribution < -0.4 is 16.2 Å². The molecule has 1 heterocycles. The van der Waals surface area contributed by atoms with Gasteiger partial charge in [0.2, 0.25) is 0 Å². The third-order valence-corrected chi connectivity index (χ3v) is 3.35. The highest BCUT2D eigenvalue weighted by atomic mass is 16.2. The zero-order valence-electron chi connectivity index (χ0n) is 10.9. The number of amides is 2. The summed E-state index contributed by atoms with van der Waals surface area (Å²) in [7, 11) is 0. The molecule has 0 spiro atoms. The van der Waals surface area contributed by atoms with Gasteiger partial charge in [-0.15, -0.1) is 0 Å². The molecule has 6 nitrogen and oxygen atoms in total. The fourth-order valence-corrected chi connectivity index (χ4v) is 2.27. The lowest BCUT2D eigenvalue weighted by Crippen LogP contribution is -2.53. The van der Waals surface area contributed by atoms with E-state index >= 15 is 0 Å². The molecule has 1 aromatic carbocycles. The number of para-hydroxylation sites is 1.